The second-order valence-electron chi connectivity index (χ2n) is 17.8. The first-order valence-corrected chi connectivity index (χ1v) is 27.0. The number of unbranched alkanes of at least 4 members (excludes halogenated alkanes) is 26. The molecule has 0 saturated carbocycles. The standard InChI is InChI=1S/C58H100O6/c1-4-7-10-13-16-19-21-23-25-27-29-31-32-34-36-39-42-45-48-51-57(60)63-54-55(53-62-56(59)50-47-44-41-38-18-15-12-9-6-3)64-58(61)52-49-46-43-40-37-35-33-30-28-26-24-22-20-17-14-11-8-5-2/h7,10,16,19,23,25-26,28-31,33,55H,4-6,8-9,11-15,17-18,20-22,24,27,32,34-54H2,1-3H3/b10-7-,19-16-,25-23-,28-26-,31-29-,33-30-. The van der Waals surface area contributed by atoms with Crippen molar-refractivity contribution >= 4 is 17.9 Å². The second-order valence-corrected chi connectivity index (χ2v) is 17.8. The molecule has 0 aliphatic carbocycles. The molecule has 0 aromatic carbocycles. The molecule has 0 saturated heterocycles. The van der Waals surface area contributed by atoms with Crippen molar-refractivity contribution in [2.45, 2.75) is 264 Å². The van der Waals surface area contributed by atoms with Crippen LogP contribution in [0.3, 0.4) is 0 Å². The highest BCUT2D eigenvalue weighted by Gasteiger charge is 2.19. The van der Waals surface area contributed by atoms with Gasteiger partial charge in [0, 0.05) is 19.3 Å². The van der Waals surface area contributed by atoms with E-state index in [2.05, 4.69) is 93.7 Å². The van der Waals surface area contributed by atoms with Crippen molar-refractivity contribution < 1.29 is 28.6 Å². The molecule has 0 fully saturated rings. The molecule has 6 nitrogen and oxygen atoms in total. The Balaban J connectivity index is 4.36. The monoisotopic (exact) mass is 893 g/mol. The van der Waals surface area contributed by atoms with E-state index in [1.54, 1.807) is 0 Å². The van der Waals surface area contributed by atoms with Crippen molar-refractivity contribution in [3.05, 3.63) is 72.9 Å². The third kappa shape index (κ3) is 49.9. The van der Waals surface area contributed by atoms with Gasteiger partial charge < -0.3 is 14.2 Å². The van der Waals surface area contributed by atoms with Crippen LogP contribution >= 0.6 is 0 Å². The lowest BCUT2D eigenvalue weighted by Crippen LogP contribution is -2.30. The zero-order valence-corrected chi connectivity index (χ0v) is 42.0. The molecule has 0 aliphatic heterocycles. The van der Waals surface area contributed by atoms with E-state index < -0.39 is 6.10 Å². The van der Waals surface area contributed by atoms with E-state index in [0.29, 0.717) is 19.3 Å². The number of allylic oxidation sites excluding steroid dienone is 12. The van der Waals surface area contributed by atoms with Crippen LogP contribution in [0.4, 0.5) is 0 Å². The summed E-state index contributed by atoms with van der Waals surface area (Å²) in [5.41, 5.74) is 0. The smallest absolute Gasteiger partial charge is 0.306 e. The van der Waals surface area contributed by atoms with E-state index in [1.807, 2.05) is 0 Å². The lowest BCUT2D eigenvalue weighted by atomic mass is 10.1. The maximum Gasteiger partial charge on any atom is 0.306 e. The van der Waals surface area contributed by atoms with Crippen LogP contribution in [0.15, 0.2) is 72.9 Å². The fourth-order valence-electron chi connectivity index (χ4n) is 7.42. The average molecular weight is 893 g/mol. The maximum absolute atomic E-state index is 12.8. The van der Waals surface area contributed by atoms with Crippen LogP contribution in [0.5, 0.6) is 0 Å². The van der Waals surface area contributed by atoms with Gasteiger partial charge >= 0.3 is 17.9 Å². The Morgan fingerprint density at radius 1 is 0.344 bits per heavy atom. The van der Waals surface area contributed by atoms with E-state index >= 15 is 0 Å². The summed E-state index contributed by atoms with van der Waals surface area (Å²) in [5, 5.41) is 0. The normalized spacial score (nSPS) is 12.6. The predicted molar refractivity (Wildman–Crippen MR) is 274 cm³/mol. The molecule has 1 atom stereocenters. The van der Waals surface area contributed by atoms with Gasteiger partial charge in [-0.15, -0.1) is 0 Å². The van der Waals surface area contributed by atoms with Gasteiger partial charge in [-0.2, -0.15) is 0 Å². The van der Waals surface area contributed by atoms with Crippen molar-refractivity contribution in [2.24, 2.45) is 0 Å². The molecular formula is C58H100O6. The maximum atomic E-state index is 12.8. The minimum atomic E-state index is -0.787. The summed E-state index contributed by atoms with van der Waals surface area (Å²) in [6.07, 6.45) is 66.0. The molecule has 0 aliphatic rings. The van der Waals surface area contributed by atoms with Gasteiger partial charge in [-0.25, -0.2) is 0 Å². The largest absolute Gasteiger partial charge is 0.462 e. The van der Waals surface area contributed by atoms with Crippen LogP contribution in [0, 0.1) is 0 Å². The number of carbonyl (C=O) groups excluding carboxylic acids is 3. The number of ether oxygens (including phenoxy) is 3. The minimum Gasteiger partial charge on any atom is -0.462 e. The molecule has 0 N–H and O–H groups in total. The van der Waals surface area contributed by atoms with Crippen LogP contribution in [0.1, 0.15) is 258 Å². The van der Waals surface area contributed by atoms with Crippen molar-refractivity contribution in [1.29, 1.82) is 0 Å². The summed E-state index contributed by atoms with van der Waals surface area (Å²) >= 11 is 0. The zero-order chi connectivity index (χ0) is 46.5. The summed E-state index contributed by atoms with van der Waals surface area (Å²) in [4.78, 5) is 38.0. The lowest BCUT2D eigenvalue weighted by molar-refractivity contribution is -0.167. The van der Waals surface area contributed by atoms with Crippen LogP contribution in [-0.4, -0.2) is 37.2 Å². The van der Waals surface area contributed by atoms with E-state index in [1.165, 1.54) is 109 Å². The van der Waals surface area contributed by atoms with Crippen LogP contribution in [-0.2, 0) is 28.6 Å². The van der Waals surface area contributed by atoms with Gasteiger partial charge in [-0.05, 0) is 83.5 Å². The minimum absolute atomic E-state index is 0.0853. The highest BCUT2D eigenvalue weighted by molar-refractivity contribution is 5.71. The van der Waals surface area contributed by atoms with Gasteiger partial charge in [0.05, 0.1) is 0 Å². The van der Waals surface area contributed by atoms with E-state index in [4.69, 9.17) is 14.2 Å². The van der Waals surface area contributed by atoms with Gasteiger partial charge in [0.1, 0.15) is 13.2 Å². The lowest BCUT2D eigenvalue weighted by Gasteiger charge is -2.18. The third-order valence-corrected chi connectivity index (χ3v) is 11.5. The van der Waals surface area contributed by atoms with Crippen molar-refractivity contribution in [3.8, 4) is 0 Å². The Kier molecular flexibility index (Phi) is 49.9. The zero-order valence-electron chi connectivity index (χ0n) is 42.0. The topological polar surface area (TPSA) is 78.9 Å². The summed E-state index contributed by atoms with van der Waals surface area (Å²) in [6, 6.07) is 0. The van der Waals surface area contributed by atoms with Crippen molar-refractivity contribution in [3.63, 3.8) is 0 Å². The number of carbonyl (C=O) groups is 3. The Morgan fingerprint density at radius 2 is 0.656 bits per heavy atom. The van der Waals surface area contributed by atoms with E-state index in [0.717, 1.165) is 109 Å². The fraction of sp³-hybridized carbons (Fsp3) is 0.741. The van der Waals surface area contributed by atoms with Gasteiger partial charge in [-0.1, -0.05) is 229 Å². The molecule has 368 valence electrons. The first-order chi connectivity index (χ1) is 31.5. The van der Waals surface area contributed by atoms with Crippen LogP contribution < -0.4 is 0 Å². The summed E-state index contributed by atoms with van der Waals surface area (Å²) in [5.74, 6) is -0.914. The average Bonchev–Trinajstić information content (AvgIpc) is 3.29. The molecule has 0 spiro atoms. The molecule has 64 heavy (non-hydrogen) atoms. The Bertz CT molecular complexity index is 1210. The van der Waals surface area contributed by atoms with Crippen LogP contribution in [0.2, 0.25) is 0 Å². The first kappa shape index (κ1) is 60.9. The highest BCUT2D eigenvalue weighted by atomic mass is 16.6. The molecule has 0 rings (SSSR count). The Morgan fingerprint density at radius 3 is 1.05 bits per heavy atom. The Labute approximate surface area is 395 Å². The second kappa shape index (κ2) is 52.5. The first-order valence-electron chi connectivity index (χ1n) is 27.0. The molecule has 0 aromatic rings. The van der Waals surface area contributed by atoms with Crippen molar-refractivity contribution in [1.82, 2.24) is 0 Å². The summed E-state index contributed by atoms with van der Waals surface area (Å²) in [6.45, 7) is 6.48. The highest BCUT2D eigenvalue weighted by Crippen LogP contribution is 2.14. The number of hydrogen-bond acceptors (Lipinski definition) is 6. The summed E-state index contributed by atoms with van der Waals surface area (Å²) in [7, 11) is 0. The van der Waals surface area contributed by atoms with Gasteiger partial charge in [0.25, 0.3) is 0 Å². The van der Waals surface area contributed by atoms with Gasteiger partial charge in [0.2, 0.25) is 0 Å². The summed E-state index contributed by atoms with van der Waals surface area (Å²) < 4.78 is 16.8. The molecule has 1 unspecified atom stereocenters. The van der Waals surface area contributed by atoms with E-state index in [-0.39, 0.29) is 31.1 Å². The fourth-order valence-corrected chi connectivity index (χ4v) is 7.42. The van der Waals surface area contributed by atoms with E-state index in [9.17, 15) is 14.4 Å². The molecule has 0 aromatic heterocycles. The predicted octanol–water partition coefficient (Wildman–Crippen LogP) is 17.8. The third-order valence-electron chi connectivity index (χ3n) is 11.5. The number of hydrogen-bond donors (Lipinski definition) is 0. The molecule has 0 bridgehead atoms. The molecule has 0 amide bonds. The molecule has 0 heterocycles. The Hall–Kier alpha value is -3.15. The number of rotatable bonds is 48. The number of esters is 3. The molecule has 6 heteroatoms. The SMILES string of the molecule is CC/C=C\C/C=C\C/C=C\C/C=C\CCCCCCCCC(=O)OCC(COC(=O)CCCCCCCCCCC)OC(=O)CCCCCCC/C=C\C=C/CCCCCCCCC. The van der Waals surface area contributed by atoms with Gasteiger partial charge in [0.15, 0.2) is 6.10 Å². The molecular weight excluding hydrogens is 793 g/mol. The molecule has 0 radical (unpaired) electrons. The quantitative estimate of drug-likeness (QED) is 0.0199. The van der Waals surface area contributed by atoms with Crippen LogP contribution in [0.25, 0.3) is 0 Å². The van der Waals surface area contributed by atoms with Crippen molar-refractivity contribution in [2.75, 3.05) is 13.2 Å². The van der Waals surface area contributed by atoms with Gasteiger partial charge in [-0.3, -0.25) is 14.4 Å².